The van der Waals surface area contributed by atoms with Crippen molar-refractivity contribution in [2.24, 2.45) is 5.73 Å². The van der Waals surface area contributed by atoms with E-state index in [4.69, 9.17) is 10.7 Å². The van der Waals surface area contributed by atoms with Crippen LogP contribution in [0.1, 0.15) is 47.6 Å². The van der Waals surface area contributed by atoms with Gasteiger partial charge in [-0.05, 0) is 18.4 Å². The highest BCUT2D eigenvalue weighted by molar-refractivity contribution is 7.12. The molecule has 0 saturated heterocycles. The molecule has 0 unspecified atom stereocenters. The summed E-state index contributed by atoms with van der Waals surface area (Å²) in [5.74, 6) is 0. The molecular weight excluding hydrogens is 252 g/mol. The van der Waals surface area contributed by atoms with Crippen molar-refractivity contribution in [3.8, 4) is 11.3 Å². The second-order valence-corrected chi connectivity index (χ2v) is 6.93. The van der Waals surface area contributed by atoms with Gasteiger partial charge in [-0.2, -0.15) is 0 Å². The van der Waals surface area contributed by atoms with E-state index in [2.05, 4.69) is 24.3 Å². The van der Waals surface area contributed by atoms with Gasteiger partial charge in [0, 0.05) is 16.9 Å². The van der Waals surface area contributed by atoms with Gasteiger partial charge in [0.2, 0.25) is 0 Å². The molecule has 98 valence electrons. The van der Waals surface area contributed by atoms with Gasteiger partial charge < -0.3 is 5.73 Å². The monoisotopic (exact) mass is 270 g/mol. The lowest BCUT2D eigenvalue weighted by Gasteiger charge is -2.31. The van der Waals surface area contributed by atoms with Gasteiger partial charge in [0.1, 0.15) is 5.01 Å². The van der Waals surface area contributed by atoms with Crippen molar-refractivity contribution in [3.63, 3.8) is 0 Å². The van der Waals surface area contributed by atoms with Crippen molar-refractivity contribution in [2.45, 2.75) is 44.1 Å². The summed E-state index contributed by atoms with van der Waals surface area (Å²) in [7, 11) is 0. The first-order chi connectivity index (χ1) is 9.26. The van der Waals surface area contributed by atoms with Crippen LogP contribution in [0.4, 0.5) is 0 Å². The van der Waals surface area contributed by atoms with Crippen molar-refractivity contribution in [1.82, 2.24) is 4.98 Å². The first-order valence-corrected chi connectivity index (χ1v) is 7.95. The summed E-state index contributed by atoms with van der Waals surface area (Å²) in [4.78, 5) is 6.33. The summed E-state index contributed by atoms with van der Waals surface area (Å²) >= 11 is 1.85. The minimum Gasteiger partial charge on any atom is -0.319 e. The molecule has 0 bridgehead atoms. The molecule has 2 aliphatic rings. The number of thiazole rings is 1. The van der Waals surface area contributed by atoms with Crippen LogP contribution < -0.4 is 5.73 Å². The zero-order valence-corrected chi connectivity index (χ0v) is 11.8. The molecule has 0 spiro atoms. The summed E-state index contributed by atoms with van der Waals surface area (Å²) in [5.41, 5.74) is 10.4. The third-order valence-corrected chi connectivity index (χ3v) is 5.77. The van der Waals surface area contributed by atoms with Crippen molar-refractivity contribution in [3.05, 3.63) is 39.7 Å². The van der Waals surface area contributed by atoms with E-state index in [9.17, 15) is 0 Å². The van der Waals surface area contributed by atoms with E-state index in [-0.39, 0.29) is 5.54 Å². The number of hydrogen-bond donors (Lipinski definition) is 1. The molecule has 1 saturated carbocycles. The smallest absolute Gasteiger partial charge is 0.113 e. The number of hydrogen-bond acceptors (Lipinski definition) is 3. The second kappa shape index (κ2) is 4.15. The third-order valence-electron chi connectivity index (χ3n) is 4.49. The number of nitrogens with two attached hydrogens (primary N) is 1. The van der Waals surface area contributed by atoms with Gasteiger partial charge in [-0.1, -0.05) is 43.5 Å². The van der Waals surface area contributed by atoms with Gasteiger partial charge in [0.05, 0.1) is 11.2 Å². The molecule has 2 nitrogen and oxygen atoms in total. The topological polar surface area (TPSA) is 38.9 Å². The number of aromatic nitrogens is 1. The van der Waals surface area contributed by atoms with Crippen LogP contribution in [0, 0.1) is 0 Å². The molecule has 1 aromatic carbocycles. The summed E-state index contributed by atoms with van der Waals surface area (Å²) in [6.45, 7) is 0. The van der Waals surface area contributed by atoms with E-state index in [1.807, 2.05) is 11.3 Å². The molecule has 0 atom stereocenters. The molecule has 1 fully saturated rings. The molecule has 1 aromatic heterocycles. The van der Waals surface area contributed by atoms with E-state index in [1.54, 1.807) is 0 Å². The zero-order valence-electron chi connectivity index (χ0n) is 11.0. The summed E-state index contributed by atoms with van der Waals surface area (Å²) in [6.07, 6.45) is 7.06. The molecule has 3 heteroatoms. The van der Waals surface area contributed by atoms with E-state index in [1.165, 1.54) is 46.0 Å². The Morgan fingerprint density at radius 1 is 1.11 bits per heavy atom. The summed E-state index contributed by atoms with van der Waals surface area (Å²) < 4.78 is 0. The highest BCUT2D eigenvalue weighted by Gasteiger charge is 2.35. The van der Waals surface area contributed by atoms with Gasteiger partial charge in [-0.25, -0.2) is 4.98 Å². The highest BCUT2D eigenvalue weighted by atomic mass is 32.1. The van der Waals surface area contributed by atoms with Crippen LogP contribution in [-0.4, -0.2) is 4.98 Å². The van der Waals surface area contributed by atoms with Crippen molar-refractivity contribution >= 4 is 11.3 Å². The van der Waals surface area contributed by atoms with Gasteiger partial charge in [-0.3, -0.25) is 0 Å². The molecule has 0 aliphatic heterocycles. The van der Waals surface area contributed by atoms with E-state index in [0.717, 1.165) is 19.3 Å². The fourth-order valence-corrected chi connectivity index (χ4v) is 4.63. The van der Waals surface area contributed by atoms with Crippen LogP contribution in [0.5, 0.6) is 0 Å². The Morgan fingerprint density at radius 3 is 2.74 bits per heavy atom. The molecule has 4 rings (SSSR count). The van der Waals surface area contributed by atoms with Crippen LogP contribution in [0.15, 0.2) is 24.3 Å². The van der Waals surface area contributed by atoms with Crippen LogP contribution in [0.2, 0.25) is 0 Å². The molecule has 0 amide bonds. The maximum Gasteiger partial charge on any atom is 0.113 e. The fourth-order valence-electron chi connectivity index (χ4n) is 3.37. The quantitative estimate of drug-likeness (QED) is 0.730. The minimum absolute atomic E-state index is 0.151. The average molecular weight is 270 g/mol. The Bertz CT molecular complexity index is 623. The first-order valence-electron chi connectivity index (χ1n) is 7.14. The van der Waals surface area contributed by atoms with Crippen LogP contribution >= 0.6 is 11.3 Å². The van der Waals surface area contributed by atoms with Gasteiger partial charge >= 0.3 is 0 Å². The number of nitrogens with zero attached hydrogens (tertiary/aromatic N) is 1. The molecule has 1 heterocycles. The predicted molar refractivity (Wildman–Crippen MR) is 79.3 cm³/mol. The predicted octanol–water partition coefficient (Wildman–Crippen LogP) is 3.83. The number of rotatable bonds is 1. The Labute approximate surface area is 117 Å². The zero-order chi connectivity index (χ0) is 12.9. The largest absolute Gasteiger partial charge is 0.319 e. The van der Waals surface area contributed by atoms with Crippen molar-refractivity contribution in [1.29, 1.82) is 0 Å². The van der Waals surface area contributed by atoms with E-state index < -0.39 is 0 Å². The van der Waals surface area contributed by atoms with Gasteiger partial charge in [-0.15, -0.1) is 11.3 Å². The van der Waals surface area contributed by atoms with Crippen molar-refractivity contribution < 1.29 is 0 Å². The van der Waals surface area contributed by atoms with Crippen LogP contribution in [-0.2, 0) is 12.0 Å². The van der Waals surface area contributed by atoms with Gasteiger partial charge in [0.25, 0.3) is 0 Å². The molecular formula is C16H18N2S. The lowest BCUT2D eigenvalue weighted by molar-refractivity contribution is 0.301. The Morgan fingerprint density at radius 2 is 1.89 bits per heavy atom. The standard InChI is InChI=1S/C16H18N2S/c17-16(8-4-1-5-9-16)15-18-14-12-7-3-2-6-11(12)10-13(14)19-15/h2-3,6-7H,1,4-5,8-10,17H2. The number of fused-ring (bicyclic) bond motifs is 3. The molecule has 19 heavy (non-hydrogen) atoms. The van der Waals surface area contributed by atoms with E-state index in [0.29, 0.717) is 0 Å². The van der Waals surface area contributed by atoms with Gasteiger partial charge in [0.15, 0.2) is 0 Å². The maximum atomic E-state index is 6.61. The Kier molecular flexibility index (Phi) is 2.54. The lowest BCUT2D eigenvalue weighted by atomic mass is 9.83. The Balaban J connectivity index is 1.76. The molecule has 2 aliphatic carbocycles. The highest BCUT2D eigenvalue weighted by Crippen LogP contribution is 2.44. The number of benzene rings is 1. The Hall–Kier alpha value is -1.19. The van der Waals surface area contributed by atoms with Crippen molar-refractivity contribution in [2.75, 3.05) is 0 Å². The van der Waals surface area contributed by atoms with Crippen LogP contribution in [0.3, 0.4) is 0 Å². The molecule has 2 N–H and O–H groups in total. The second-order valence-electron chi connectivity index (χ2n) is 5.84. The third kappa shape index (κ3) is 1.76. The normalized spacial score (nSPS) is 20.1. The van der Waals surface area contributed by atoms with Crippen LogP contribution in [0.25, 0.3) is 11.3 Å². The molecule has 2 aromatic rings. The lowest BCUT2D eigenvalue weighted by Crippen LogP contribution is -2.38. The average Bonchev–Trinajstić information content (AvgIpc) is 2.97. The fraction of sp³-hybridized carbons (Fsp3) is 0.438. The first kappa shape index (κ1) is 11.6. The summed E-state index contributed by atoms with van der Waals surface area (Å²) in [6, 6.07) is 8.62. The van der Waals surface area contributed by atoms with E-state index >= 15 is 0 Å². The maximum absolute atomic E-state index is 6.61. The minimum atomic E-state index is -0.151. The SMILES string of the molecule is NC1(c2nc3c(s2)Cc2ccccc2-3)CCCCC1. The summed E-state index contributed by atoms with van der Waals surface area (Å²) in [5, 5.41) is 1.17. The molecule has 0 radical (unpaired) electrons.